The molecule has 10 aromatic rings. The number of hydrogen-bond donors (Lipinski definition) is 0. The number of rotatable bonds is 6. The lowest BCUT2D eigenvalue weighted by molar-refractivity contribution is 0.669. The lowest BCUT2D eigenvalue weighted by Crippen LogP contribution is -2.11. The van der Waals surface area contributed by atoms with E-state index in [1.54, 1.807) is 0 Å². The summed E-state index contributed by atoms with van der Waals surface area (Å²) in [5.74, 6) is 0. The Morgan fingerprint density at radius 1 is 0.353 bits per heavy atom. The van der Waals surface area contributed by atoms with Gasteiger partial charge in [0.1, 0.15) is 11.2 Å². The molecular weight excluding hydrogens is 639 g/mol. The van der Waals surface area contributed by atoms with E-state index in [1.807, 2.05) is 23.5 Å². The van der Waals surface area contributed by atoms with Crippen LogP contribution in [0.5, 0.6) is 0 Å². The van der Waals surface area contributed by atoms with Gasteiger partial charge in [-0.25, -0.2) is 0 Å². The summed E-state index contributed by atoms with van der Waals surface area (Å²) in [6, 6.07) is 67.5. The van der Waals surface area contributed by atoms with Gasteiger partial charge < -0.3 is 9.32 Å². The minimum absolute atomic E-state index is 0.872. The van der Waals surface area contributed by atoms with Crippen molar-refractivity contribution in [1.29, 1.82) is 0 Å². The van der Waals surface area contributed by atoms with Crippen molar-refractivity contribution < 1.29 is 4.42 Å². The fraction of sp³-hybridized carbons (Fsp3) is 0. The summed E-state index contributed by atoms with van der Waals surface area (Å²) >= 11 is 1.84. The van der Waals surface area contributed by atoms with Crippen molar-refractivity contribution in [2.24, 2.45) is 0 Å². The largest absolute Gasteiger partial charge is 0.456 e. The molecule has 0 radical (unpaired) electrons. The molecule has 0 aliphatic heterocycles. The molecule has 0 atom stereocenters. The quantitative estimate of drug-likeness (QED) is 0.175. The first-order chi connectivity index (χ1) is 25.3. The van der Waals surface area contributed by atoms with Gasteiger partial charge in [-0.05, 0) is 76.3 Å². The third kappa shape index (κ3) is 5.10. The van der Waals surface area contributed by atoms with Crippen molar-refractivity contribution in [3.05, 3.63) is 188 Å². The second-order valence-corrected chi connectivity index (χ2v) is 14.0. The van der Waals surface area contributed by atoms with E-state index >= 15 is 0 Å². The van der Waals surface area contributed by atoms with Gasteiger partial charge in [-0.3, -0.25) is 0 Å². The highest BCUT2D eigenvalue weighted by atomic mass is 32.1. The lowest BCUT2D eigenvalue weighted by atomic mass is 9.91. The van der Waals surface area contributed by atoms with Crippen molar-refractivity contribution in [1.82, 2.24) is 0 Å². The maximum atomic E-state index is 6.45. The fourth-order valence-corrected chi connectivity index (χ4v) is 8.63. The number of nitrogens with zero attached hydrogens (tertiary/aromatic N) is 1. The van der Waals surface area contributed by atoms with E-state index in [-0.39, 0.29) is 0 Å². The first-order valence-corrected chi connectivity index (χ1v) is 18.1. The Morgan fingerprint density at radius 3 is 1.71 bits per heavy atom. The molecule has 0 aliphatic rings. The molecule has 3 heteroatoms. The number of benzene rings is 8. The predicted molar refractivity (Wildman–Crippen MR) is 218 cm³/mol. The van der Waals surface area contributed by atoms with Gasteiger partial charge in [0.15, 0.2) is 0 Å². The topological polar surface area (TPSA) is 16.4 Å². The number of anilines is 3. The van der Waals surface area contributed by atoms with E-state index in [9.17, 15) is 0 Å². The van der Waals surface area contributed by atoms with Crippen LogP contribution in [0.15, 0.2) is 192 Å². The summed E-state index contributed by atoms with van der Waals surface area (Å²) in [5.41, 5.74) is 12.1. The van der Waals surface area contributed by atoms with E-state index in [2.05, 4.69) is 181 Å². The van der Waals surface area contributed by atoms with Gasteiger partial charge in [0.25, 0.3) is 0 Å². The van der Waals surface area contributed by atoms with Gasteiger partial charge in [-0.2, -0.15) is 0 Å². The molecule has 8 aromatic carbocycles. The lowest BCUT2D eigenvalue weighted by Gasteiger charge is -2.28. The Hall–Kier alpha value is -6.42. The Bertz CT molecular complexity index is 2750. The Morgan fingerprint density at radius 2 is 0.922 bits per heavy atom. The molecule has 0 N–H and O–H groups in total. The standard InChI is InChI=1S/C48H31NOS/c1-3-13-32(14-4-1)37-17-7-8-18-38(37)34-23-28-44(43(29-34)33-15-5-2-6-16-33)49(35-24-26-40-39-19-9-11-21-45(39)50-46(40)30-35)36-25-27-42-41-20-10-12-22-47(41)51-48(42)31-36/h1-31H. The number of furan rings is 1. The summed E-state index contributed by atoms with van der Waals surface area (Å²) in [6.45, 7) is 0. The van der Waals surface area contributed by atoms with Crippen LogP contribution < -0.4 is 4.90 Å². The average Bonchev–Trinajstić information content (AvgIpc) is 3.76. The highest BCUT2D eigenvalue weighted by Gasteiger charge is 2.21. The molecule has 0 saturated heterocycles. The highest BCUT2D eigenvalue weighted by molar-refractivity contribution is 7.25. The number of para-hydroxylation sites is 1. The molecule has 2 heterocycles. The van der Waals surface area contributed by atoms with Crippen molar-refractivity contribution in [2.75, 3.05) is 4.90 Å². The van der Waals surface area contributed by atoms with Gasteiger partial charge in [0.2, 0.25) is 0 Å². The zero-order valence-corrected chi connectivity index (χ0v) is 28.5. The summed E-state index contributed by atoms with van der Waals surface area (Å²) in [4.78, 5) is 2.39. The zero-order valence-electron chi connectivity index (χ0n) is 27.7. The summed E-state index contributed by atoms with van der Waals surface area (Å²) in [6.07, 6.45) is 0. The number of hydrogen-bond acceptors (Lipinski definition) is 3. The summed E-state index contributed by atoms with van der Waals surface area (Å²) in [5, 5.41) is 4.82. The Labute approximate surface area is 300 Å². The van der Waals surface area contributed by atoms with Crippen LogP contribution in [0.2, 0.25) is 0 Å². The van der Waals surface area contributed by atoms with Crippen molar-refractivity contribution in [3.63, 3.8) is 0 Å². The van der Waals surface area contributed by atoms with E-state index in [0.29, 0.717) is 0 Å². The van der Waals surface area contributed by atoms with Gasteiger partial charge in [-0.1, -0.05) is 133 Å². The van der Waals surface area contributed by atoms with Gasteiger partial charge in [0, 0.05) is 53.9 Å². The molecule has 51 heavy (non-hydrogen) atoms. The van der Waals surface area contributed by atoms with Crippen LogP contribution in [0.4, 0.5) is 17.1 Å². The van der Waals surface area contributed by atoms with Gasteiger partial charge in [-0.15, -0.1) is 11.3 Å². The average molecular weight is 670 g/mol. The van der Waals surface area contributed by atoms with Crippen molar-refractivity contribution in [3.8, 4) is 33.4 Å². The van der Waals surface area contributed by atoms with Gasteiger partial charge in [0.05, 0.1) is 5.69 Å². The predicted octanol–water partition coefficient (Wildman–Crippen LogP) is 14.4. The smallest absolute Gasteiger partial charge is 0.137 e. The molecule has 0 fully saturated rings. The zero-order chi connectivity index (χ0) is 33.7. The fourth-order valence-electron chi connectivity index (χ4n) is 7.49. The van der Waals surface area contributed by atoms with E-state index in [1.165, 1.54) is 42.4 Å². The van der Waals surface area contributed by atoms with Gasteiger partial charge >= 0.3 is 0 Å². The van der Waals surface area contributed by atoms with E-state index < -0.39 is 0 Å². The number of thiophene rings is 1. The molecule has 0 saturated carbocycles. The summed E-state index contributed by atoms with van der Waals surface area (Å²) in [7, 11) is 0. The minimum Gasteiger partial charge on any atom is -0.456 e. The van der Waals surface area contributed by atoms with E-state index in [4.69, 9.17) is 4.42 Å². The molecule has 0 bridgehead atoms. The maximum Gasteiger partial charge on any atom is 0.137 e. The molecule has 0 amide bonds. The first-order valence-electron chi connectivity index (χ1n) is 17.3. The molecule has 0 unspecified atom stereocenters. The van der Waals surface area contributed by atoms with Crippen LogP contribution in [0.25, 0.3) is 75.5 Å². The van der Waals surface area contributed by atoms with Crippen LogP contribution in [-0.4, -0.2) is 0 Å². The number of fused-ring (bicyclic) bond motifs is 6. The molecule has 240 valence electrons. The second-order valence-electron chi connectivity index (χ2n) is 12.9. The first kappa shape index (κ1) is 29.5. The van der Waals surface area contributed by atoms with Crippen LogP contribution in [0.1, 0.15) is 0 Å². The summed E-state index contributed by atoms with van der Waals surface area (Å²) < 4.78 is 9.01. The van der Waals surface area contributed by atoms with Crippen molar-refractivity contribution in [2.45, 2.75) is 0 Å². The Kier molecular flexibility index (Phi) is 7.04. The highest BCUT2D eigenvalue weighted by Crippen LogP contribution is 2.46. The molecule has 0 spiro atoms. The molecule has 10 rings (SSSR count). The normalized spacial score (nSPS) is 11.5. The van der Waals surface area contributed by atoms with Crippen LogP contribution in [0.3, 0.4) is 0 Å². The molecule has 2 aromatic heterocycles. The van der Waals surface area contributed by atoms with Crippen LogP contribution in [-0.2, 0) is 0 Å². The van der Waals surface area contributed by atoms with E-state index in [0.717, 1.165) is 50.1 Å². The van der Waals surface area contributed by atoms with Crippen LogP contribution >= 0.6 is 11.3 Å². The molecular formula is C48H31NOS. The van der Waals surface area contributed by atoms with Crippen LogP contribution in [0, 0.1) is 0 Å². The monoisotopic (exact) mass is 669 g/mol. The molecule has 2 nitrogen and oxygen atoms in total. The third-order valence-electron chi connectivity index (χ3n) is 9.89. The third-order valence-corrected chi connectivity index (χ3v) is 11.0. The molecule has 0 aliphatic carbocycles. The Balaban J connectivity index is 1.22. The van der Waals surface area contributed by atoms with Crippen molar-refractivity contribution >= 4 is 70.5 Å². The second kappa shape index (κ2) is 12.2. The SMILES string of the molecule is c1ccc(-c2ccccc2-c2ccc(N(c3ccc4c(c3)oc3ccccc34)c3ccc4c(c3)sc3ccccc34)c(-c3ccccc3)c2)cc1. The maximum absolute atomic E-state index is 6.45. The minimum atomic E-state index is 0.872.